The number of methoxy groups -OCH3 is 1. The highest BCUT2D eigenvalue weighted by molar-refractivity contribution is 5.92. The number of hydrogen-bond donors (Lipinski definition) is 1. The molecule has 1 aliphatic rings. The summed E-state index contributed by atoms with van der Waals surface area (Å²) in [4.78, 5) is 10.4. The molecule has 3 aromatic heterocycles. The van der Waals surface area contributed by atoms with Gasteiger partial charge in [0.15, 0.2) is 11.4 Å². The van der Waals surface area contributed by atoms with Crippen LogP contribution in [0.15, 0.2) is 36.8 Å². The van der Waals surface area contributed by atoms with Gasteiger partial charge in [-0.1, -0.05) is 19.9 Å². The second-order valence-electron chi connectivity index (χ2n) is 8.90. The summed E-state index contributed by atoms with van der Waals surface area (Å²) in [6.45, 7) is 6.99. The molecule has 0 spiro atoms. The van der Waals surface area contributed by atoms with Crippen molar-refractivity contribution in [1.29, 1.82) is 0 Å². The molecular weight excluding hydrogens is 374 g/mol. The Hall–Kier alpha value is -2.86. The molecule has 6 heteroatoms. The van der Waals surface area contributed by atoms with Crippen LogP contribution < -0.4 is 4.74 Å². The highest BCUT2D eigenvalue weighted by Gasteiger charge is 2.23. The molecule has 1 fully saturated rings. The maximum absolute atomic E-state index is 5.58. The van der Waals surface area contributed by atoms with Crippen molar-refractivity contribution in [1.82, 2.24) is 24.5 Å². The van der Waals surface area contributed by atoms with E-state index in [4.69, 9.17) is 4.74 Å². The van der Waals surface area contributed by atoms with Crippen molar-refractivity contribution in [2.45, 2.75) is 32.6 Å². The van der Waals surface area contributed by atoms with Crippen molar-refractivity contribution >= 4 is 16.6 Å². The Kier molecular flexibility index (Phi) is 4.74. The van der Waals surface area contributed by atoms with Crippen molar-refractivity contribution in [2.75, 3.05) is 27.2 Å². The molecule has 4 aromatic rings. The Balaban J connectivity index is 1.56. The quantitative estimate of drug-likeness (QED) is 0.515. The van der Waals surface area contributed by atoms with E-state index in [1.807, 2.05) is 6.20 Å². The van der Waals surface area contributed by atoms with E-state index >= 15 is 0 Å². The molecule has 1 N–H and O–H groups in total. The van der Waals surface area contributed by atoms with E-state index in [0.717, 1.165) is 35.0 Å². The number of benzene rings is 1. The molecule has 156 valence electrons. The van der Waals surface area contributed by atoms with Crippen molar-refractivity contribution in [3.05, 3.63) is 47.9 Å². The Morgan fingerprint density at radius 1 is 1.23 bits per heavy atom. The van der Waals surface area contributed by atoms with Gasteiger partial charge in [-0.05, 0) is 61.1 Å². The van der Waals surface area contributed by atoms with Crippen LogP contribution in [0.2, 0.25) is 0 Å². The third-order valence-electron chi connectivity index (χ3n) is 6.31. The summed E-state index contributed by atoms with van der Waals surface area (Å²) < 4.78 is 7.36. The van der Waals surface area contributed by atoms with Crippen molar-refractivity contribution < 1.29 is 4.74 Å². The van der Waals surface area contributed by atoms with Gasteiger partial charge in [-0.3, -0.25) is 0 Å². The van der Waals surface area contributed by atoms with Gasteiger partial charge in [-0.15, -0.1) is 0 Å². The normalized spacial score (nSPS) is 15.4. The minimum atomic E-state index is 0.390. The van der Waals surface area contributed by atoms with Gasteiger partial charge in [0.2, 0.25) is 0 Å². The topological polar surface area (TPSA) is 58.5 Å². The lowest BCUT2D eigenvalue weighted by atomic mass is 9.91. The lowest BCUT2D eigenvalue weighted by Gasteiger charge is -2.36. The molecule has 4 heterocycles. The molecule has 0 saturated carbocycles. The van der Waals surface area contributed by atoms with Crippen molar-refractivity contribution in [2.24, 2.45) is 5.92 Å². The zero-order valence-corrected chi connectivity index (χ0v) is 18.1. The number of pyridine rings is 1. The van der Waals surface area contributed by atoms with E-state index in [9.17, 15) is 0 Å². The minimum absolute atomic E-state index is 0.390. The number of hydrogen-bond acceptors (Lipinski definition) is 4. The second kappa shape index (κ2) is 7.43. The number of fused-ring (bicyclic) bond motifs is 2. The molecule has 1 aromatic carbocycles. The molecule has 1 saturated heterocycles. The summed E-state index contributed by atoms with van der Waals surface area (Å²) in [5, 5.41) is 5.64. The number of nitrogens with one attached hydrogen (secondary N) is 1. The molecule has 0 unspecified atom stereocenters. The van der Waals surface area contributed by atoms with Gasteiger partial charge in [0.25, 0.3) is 0 Å². The Labute approximate surface area is 176 Å². The minimum Gasteiger partial charge on any atom is -0.493 e. The average Bonchev–Trinajstić information content (AvgIpc) is 3.33. The number of rotatable bonds is 6. The first-order chi connectivity index (χ1) is 14.5. The van der Waals surface area contributed by atoms with Crippen LogP contribution in [0.1, 0.15) is 37.3 Å². The fourth-order valence-electron chi connectivity index (χ4n) is 4.81. The zero-order valence-electron chi connectivity index (χ0n) is 18.1. The summed E-state index contributed by atoms with van der Waals surface area (Å²) in [6.07, 6.45) is 5.99. The number of aryl methyl sites for hydroxylation is 1. The maximum Gasteiger partial charge on any atom is 0.197 e. The molecule has 5 rings (SSSR count). The molecule has 30 heavy (non-hydrogen) atoms. The third kappa shape index (κ3) is 3.25. The van der Waals surface area contributed by atoms with E-state index in [1.165, 1.54) is 41.5 Å². The Morgan fingerprint density at radius 3 is 2.80 bits per heavy atom. The molecule has 6 nitrogen and oxygen atoms in total. The molecule has 1 aliphatic heterocycles. The van der Waals surface area contributed by atoms with Crippen molar-refractivity contribution in [3.63, 3.8) is 0 Å². The number of H-pyrrole nitrogens is 1. The molecule has 0 aliphatic carbocycles. The predicted molar refractivity (Wildman–Crippen MR) is 120 cm³/mol. The average molecular weight is 404 g/mol. The summed E-state index contributed by atoms with van der Waals surface area (Å²) >= 11 is 0. The van der Waals surface area contributed by atoms with Gasteiger partial charge in [-0.2, -0.15) is 5.10 Å². The number of aromatic nitrogens is 4. The van der Waals surface area contributed by atoms with Crippen LogP contribution in [0.5, 0.6) is 5.75 Å². The summed E-state index contributed by atoms with van der Waals surface area (Å²) in [5.41, 5.74) is 6.87. The Morgan fingerprint density at radius 2 is 2.07 bits per heavy atom. The van der Waals surface area contributed by atoms with E-state index < -0.39 is 0 Å². The number of nitrogens with zero attached hydrogens (tertiary/aromatic N) is 4. The Bertz CT molecular complexity index is 1200. The van der Waals surface area contributed by atoms with Gasteiger partial charge >= 0.3 is 0 Å². The molecule has 0 amide bonds. The highest BCUT2D eigenvalue weighted by Crippen LogP contribution is 2.37. The van der Waals surface area contributed by atoms with Crippen LogP contribution in [-0.4, -0.2) is 51.7 Å². The molecular formula is C24H29N5O. The molecule has 0 atom stereocenters. The standard InChI is InChI=1S/C24H29N5O/c1-15(2)22-19-9-16(5-6-17-11-28(3)12-17)7-8-20(19)27-23(22)18-10-21(30-4)24-25-14-26-29(24)13-18/h7-10,13-15,17,27H,5-6,11-12H2,1-4H3. The first kappa shape index (κ1) is 19.1. The number of aromatic amines is 1. The summed E-state index contributed by atoms with van der Waals surface area (Å²) in [7, 11) is 3.87. The van der Waals surface area contributed by atoms with Gasteiger partial charge < -0.3 is 14.6 Å². The smallest absolute Gasteiger partial charge is 0.197 e. The van der Waals surface area contributed by atoms with E-state index in [0.29, 0.717) is 5.92 Å². The van der Waals surface area contributed by atoms with Gasteiger partial charge in [0, 0.05) is 35.8 Å². The fraction of sp³-hybridized carbons (Fsp3) is 0.417. The first-order valence-corrected chi connectivity index (χ1v) is 10.7. The van der Waals surface area contributed by atoms with Crippen molar-refractivity contribution in [3.8, 4) is 17.0 Å². The SMILES string of the molecule is COc1cc(-c2[nH]c3ccc(CCC4CN(C)C4)cc3c2C(C)C)cn2ncnc12. The lowest BCUT2D eigenvalue weighted by molar-refractivity contribution is 0.127. The zero-order chi connectivity index (χ0) is 20.8. The number of ether oxygens (including phenoxy) is 1. The van der Waals surface area contributed by atoms with E-state index in [1.54, 1.807) is 18.0 Å². The monoisotopic (exact) mass is 403 g/mol. The summed E-state index contributed by atoms with van der Waals surface area (Å²) in [6, 6.07) is 8.95. The molecule has 0 radical (unpaired) electrons. The van der Waals surface area contributed by atoms with Gasteiger partial charge in [-0.25, -0.2) is 9.50 Å². The summed E-state index contributed by atoms with van der Waals surface area (Å²) in [5.74, 6) is 1.96. The van der Waals surface area contributed by atoms with Gasteiger partial charge in [0.05, 0.1) is 12.8 Å². The second-order valence-corrected chi connectivity index (χ2v) is 8.90. The van der Waals surface area contributed by atoms with Crippen LogP contribution >= 0.6 is 0 Å². The van der Waals surface area contributed by atoms with Crippen LogP contribution in [-0.2, 0) is 6.42 Å². The largest absolute Gasteiger partial charge is 0.493 e. The lowest BCUT2D eigenvalue weighted by Crippen LogP contribution is -2.43. The van der Waals surface area contributed by atoms with E-state index in [-0.39, 0.29) is 0 Å². The van der Waals surface area contributed by atoms with Crippen LogP contribution in [0.25, 0.3) is 27.8 Å². The predicted octanol–water partition coefficient (Wildman–Crippen LogP) is 4.50. The molecule has 0 bridgehead atoms. The third-order valence-corrected chi connectivity index (χ3v) is 6.31. The van der Waals surface area contributed by atoms with Crippen LogP contribution in [0.4, 0.5) is 0 Å². The van der Waals surface area contributed by atoms with E-state index in [2.05, 4.69) is 65.1 Å². The van der Waals surface area contributed by atoms with Gasteiger partial charge in [0.1, 0.15) is 6.33 Å². The fourth-order valence-corrected chi connectivity index (χ4v) is 4.81. The maximum atomic E-state index is 5.58. The van der Waals surface area contributed by atoms with Crippen LogP contribution in [0.3, 0.4) is 0 Å². The highest BCUT2D eigenvalue weighted by atomic mass is 16.5. The van der Waals surface area contributed by atoms with Crippen LogP contribution in [0, 0.1) is 5.92 Å². The first-order valence-electron chi connectivity index (χ1n) is 10.7. The number of likely N-dealkylation sites (tertiary alicyclic amines) is 1.